The first-order valence-electron chi connectivity index (χ1n) is 13.5. The number of benzene rings is 2. The van der Waals surface area contributed by atoms with E-state index in [2.05, 4.69) is 55.3 Å². The molecule has 2 saturated heterocycles. The number of carbonyl (C=O) groups excluding carboxylic acids is 1. The van der Waals surface area contributed by atoms with Crippen LogP contribution in [0.4, 0.5) is 0 Å². The molecule has 5 rings (SSSR count). The van der Waals surface area contributed by atoms with Crippen LogP contribution in [0.3, 0.4) is 0 Å². The van der Waals surface area contributed by atoms with Crippen LogP contribution in [0, 0.1) is 10.8 Å². The Hall–Kier alpha value is -3.97. The van der Waals surface area contributed by atoms with Crippen molar-refractivity contribution in [2.24, 2.45) is 5.41 Å². The van der Waals surface area contributed by atoms with Crippen LogP contribution in [0.25, 0.3) is 5.57 Å². The monoisotopic (exact) mass is 524 g/mol. The minimum Gasteiger partial charge on any atom is -0.489 e. The van der Waals surface area contributed by atoms with E-state index in [1.807, 2.05) is 29.2 Å². The topological polar surface area (TPSA) is 87.5 Å². The van der Waals surface area contributed by atoms with Gasteiger partial charge in [0.25, 0.3) is 5.91 Å². The Balaban J connectivity index is 1.40. The van der Waals surface area contributed by atoms with Crippen LogP contribution in [0.1, 0.15) is 48.9 Å². The van der Waals surface area contributed by atoms with Gasteiger partial charge in [-0.1, -0.05) is 57.2 Å². The number of carbonyl (C=O) groups is 1. The molecule has 0 aliphatic carbocycles. The number of pyridine rings is 1. The molecule has 3 heterocycles. The van der Waals surface area contributed by atoms with Gasteiger partial charge in [0.1, 0.15) is 18.1 Å². The van der Waals surface area contributed by atoms with Crippen LogP contribution in [0.2, 0.25) is 0 Å². The molecular weight excluding hydrogens is 488 g/mol. The normalized spacial score (nSPS) is 17.8. The lowest BCUT2D eigenvalue weighted by atomic mass is 9.87. The van der Waals surface area contributed by atoms with Crippen molar-refractivity contribution in [2.75, 3.05) is 32.8 Å². The summed E-state index contributed by atoms with van der Waals surface area (Å²) in [5, 5.41) is 12.4. The minimum absolute atomic E-state index is 0.0228. The zero-order chi connectivity index (χ0) is 27.4. The number of hydrogen-bond donors (Lipinski definition) is 2. The summed E-state index contributed by atoms with van der Waals surface area (Å²) in [6.07, 6.45) is 3.33. The molecule has 7 heteroatoms. The van der Waals surface area contributed by atoms with E-state index in [1.54, 1.807) is 24.5 Å². The van der Waals surface area contributed by atoms with E-state index in [4.69, 9.17) is 14.9 Å². The van der Waals surface area contributed by atoms with Crippen molar-refractivity contribution in [2.45, 2.75) is 33.3 Å². The third-order valence-corrected chi connectivity index (χ3v) is 7.32. The van der Waals surface area contributed by atoms with Gasteiger partial charge in [-0.05, 0) is 46.9 Å². The number of nitrogens with zero attached hydrogens (tertiary/aromatic N) is 2. The van der Waals surface area contributed by atoms with Gasteiger partial charge in [-0.25, -0.2) is 0 Å². The maximum Gasteiger partial charge on any atom is 0.270 e. The largest absolute Gasteiger partial charge is 0.489 e. The smallest absolute Gasteiger partial charge is 0.270 e. The van der Waals surface area contributed by atoms with E-state index < -0.39 is 0 Å². The van der Waals surface area contributed by atoms with E-state index in [0.717, 1.165) is 16.9 Å². The third kappa shape index (κ3) is 6.04. The van der Waals surface area contributed by atoms with Crippen LogP contribution < -0.4 is 10.1 Å². The van der Waals surface area contributed by atoms with Gasteiger partial charge < -0.3 is 19.7 Å². The van der Waals surface area contributed by atoms with Crippen molar-refractivity contribution >= 4 is 17.2 Å². The highest BCUT2D eigenvalue weighted by Gasteiger charge is 2.38. The number of hydrogen-bond acceptors (Lipinski definition) is 6. The summed E-state index contributed by atoms with van der Waals surface area (Å²) < 4.78 is 11.5. The number of allylic oxidation sites excluding steroid dienone is 1. The Morgan fingerprint density at radius 3 is 2.36 bits per heavy atom. The van der Waals surface area contributed by atoms with Crippen LogP contribution in [0.5, 0.6) is 5.75 Å². The average molecular weight is 525 g/mol. The van der Waals surface area contributed by atoms with Crippen LogP contribution in [-0.2, 0) is 16.1 Å². The minimum atomic E-state index is -0.0895. The van der Waals surface area contributed by atoms with Gasteiger partial charge in [0.15, 0.2) is 0 Å². The molecule has 2 N–H and O–H groups in total. The predicted molar refractivity (Wildman–Crippen MR) is 153 cm³/mol. The van der Waals surface area contributed by atoms with E-state index in [9.17, 15) is 4.79 Å². The van der Waals surface area contributed by atoms with Crippen LogP contribution in [-0.4, -0.2) is 54.4 Å². The number of amides is 1. The molecule has 0 unspecified atom stereocenters. The Labute approximate surface area is 230 Å². The lowest BCUT2D eigenvalue weighted by Gasteiger charge is -2.43. The zero-order valence-electron chi connectivity index (χ0n) is 22.9. The molecule has 0 bridgehead atoms. The zero-order valence-corrected chi connectivity index (χ0v) is 22.9. The van der Waals surface area contributed by atoms with Gasteiger partial charge in [0.2, 0.25) is 0 Å². The fourth-order valence-corrected chi connectivity index (χ4v) is 4.96. The first-order chi connectivity index (χ1) is 18.8. The second-order valence-electron chi connectivity index (χ2n) is 11.0. The first-order valence-corrected chi connectivity index (χ1v) is 13.5. The summed E-state index contributed by atoms with van der Waals surface area (Å²) >= 11 is 0. The maximum absolute atomic E-state index is 13.7. The number of piperazine rings is 1. The van der Waals surface area contributed by atoms with E-state index >= 15 is 0 Å². The van der Waals surface area contributed by atoms with Gasteiger partial charge in [-0.15, -0.1) is 0 Å². The lowest BCUT2D eigenvalue weighted by molar-refractivity contribution is -0.142. The predicted octanol–water partition coefficient (Wildman–Crippen LogP) is 5.03. The van der Waals surface area contributed by atoms with Crippen molar-refractivity contribution in [3.05, 3.63) is 101 Å². The van der Waals surface area contributed by atoms with Crippen LogP contribution >= 0.6 is 0 Å². The second kappa shape index (κ2) is 11.4. The summed E-state index contributed by atoms with van der Waals surface area (Å²) in [6, 6.07) is 19.7. The van der Waals surface area contributed by atoms with Crippen molar-refractivity contribution in [1.29, 1.82) is 5.41 Å². The molecule has 2 aromatic carbocycles. The van der Waals surface area contributed by atoms with Gasteiger partial charge in [-0.3, -0.25) is 15.2 Å². The first kappa shape index (κ1) is 26.6. The highest BCUT2D eigenvalue weighted by atomic mass is 16.5. The highest BCUT2D eigenvalue weighted by molar-refractivity contribution is 6.34. The fourth-order valence-electron chi connectivity index (χ4n) is 4.96. The molecule has 0 spiro atoms. The maximum atomic E-state index is 13.7. The van der Waals surface area contributed by atoms with Gasteiger partial charge in [0.05, 0.1) is 18.9 Å². The lowest BCUT2D eigenvalue weighted by Crippen LogP contribution is -2.55. The van der Waals surface area contributed by atoms with E-state index in [1.165, 1.54) is 5.56 Å². The molecule has 202 valence electrons. The Morgan fingerprint density at radius 2 is 1.74 bits per heavy atom. The van der Waals surface area contributed by atoms with Gasteiger partial charge in [0, 0.05) is 48.6 Å². The summed E-state index contributed by atoms with van der Waals surface area (Å²) in [5.41, 5.74) is 5.16. The molecule has 0 saturated carbocycles. The number of aromatic nitrogens is 1. The molecule has 0 atom stereocenters. The van der Waals surface area contributed by atoms with Crippen molar-refractivity contribution in [1.82, 2.24) is 15.2 Å². The Morgan fingerprint density at radius 1 is 1.05 bits per heavy atom. The Kier molecular flexibility index (Phi) is 7.79. The quantitative estimate of drug-likeness (QED) is 0.303. The van der Waals surface area contributed by atoms with Gasteiger partial charge in [-0.2, -0.15) is 0 Å². The molecule has 2 aliphatic rings. The fraction of sp³-hybridized carbons (Fsp3) is 0.344. The molecule has 1 aromatic heterocycles. The molecular formula is C32H36N4O3. The van der Waals surface area contributed by atoms with Crippen molar-refractivity contribution in [3.8, 4) is 5.75 Å². The molecule has 3 aromatic rings. The summed E-state index contributed by atoms with van der Waals surface area (Å²) in [6.45, 7) is 10.2. The third-order valence-electron chi connectivity index (χ3n) is 7.32. The Bertz CT molecular complexity index is 1340. The molecule has 7 nitrogen and oxygen atoms in total. The summed E-state index contributed by atoms with van der Waals surface area (Å²) in [4.78, 5) is 19.7. The SMILES string of the molecule is CC(C)c1ccc(COc2ccc(/C(C(=N)c3ccncc3)=C3/NCCN(CC4(C)COC4)C3=O)cc2)cc1. The van der Waals surface area contributed by atoms with E-state index in [-0.39, 0.29) is 17.0 Å². The van der Waals surface area contributed by atoms with Crippen LogP contribution in [0.15, 0.2) is 78.8 Å². The van der Waals surface area contributed by atoms with Gasteiger partial charge >= 0.3 is 0 Å². The number of ether oxygens (including phenoxy) is 2. The molecule has 1 amide bonds. The number of nitrogens with one attached hydrogen (secondary N) is 2. The number of rotatable bonds is 9. The standard InChI is InChI=1S/C32H36N4O3/c1-22(2)24-6-4-23(5-7-24)18-39-27-10-8-25(9-11-27)28(29(33)26-12-14-34-15-13-26)30-31(37)36(17-16-35-30)19-32(3)20-38-21-32/h4-15,22,33,35H,16-21H2,1-3H3/b30-28-,33-29?. The second-order valence-corrected chi connectivity index (χ2v) is 11.0. The molecule has 0 radical (unpaired) electrons. The highest BCUT2D eigenvalue weighted by Crippen LogP contribution is 2.31. The molecule has 39 heavy (non-hydrogen) atoms. The average Bonchev–Trinajstić information content (AvgIpc) is 2.94. The molecule has 2 aliphatic heterocycles. The summed E-state index contributed by atoms with van der Waals surface area (Å²) in [7, 11) is 0. The van der Waals surface area contributed by atoms with Crippen molar-refractivity contribution in [3.63, 3.8) is 0 Å². The molecule has 2 fully saturated rings. The summed E-state index contributed by atoms with van der Waals surface area (Å²) in [5.74, 6) is 1.14. The van der Waals surface area contributed by atoms with E-state index in [0.29, 0.717) is 62.2 Å². The van der Waals surface area contributed by atoms with Crippen molar-refractivity contribution < 1.29 is 14.3 Å².